The van der Waals surface area contributed by atoms with Crippen molar-refractivity contribution in [2.75, 3.05) is 31.1 Å². The van der Waals surface area contributed by atoms with E-state index in [1.165, 1.54) is 22.4 Å². The highest BCUT2D eigenvalue weighted by atomic mass is 79.9. The largest absolute Gasteiger partial charge is 0.312 e. The molecule has 1 aromatic heterocycles. The Morgan fingerprint density at radius 3 is 2.61 bits per heavy atom. The molecule has 0 unspecified atom stereocenters. The Labute approximate surface area is 221 Å². The minimum absolute atomic E-state index is 0.298. The van der Waals surface area contributed by atoms with E-state index in [1.807, 2.05) is 0 Å². The van der Waals surface area contributed by atoms with Crippen LogP contribution in [0.2, 0.25) is 0 Å². The fourth-order valence-electron chi connectivity index (χ4n) is 6.14. The summed E-state index contributed by atoms with van der Waals surface area (Å²) in [6.07, 6.45) is 5.75. The summed E-state index contributed by atoms with van der Waals surface area (Å²) in [7, 11) is 0. The van der Waals surface area contributed by atoms with Crippen LogP contribution in [-0.4, -0.2) is 52.8 Å². The number of anilines is 1. The Balaban J connectivity index is 1.07. The Morgan fingerprint density at radius 2 is 1.78 bits per heavy atom. The second-order valence-corrected chi connectivity index (χ2v) is 11.2. The van der Waals surface area contributed by atoms with Crippen LogP contribution in [0.3, 0.4) is 0 Å². The highest BCUT2D eigenvalue weighted by molar-refractivity contribution is 9.10. The topological polar surface area (TPSA) is 53.4 Å². The van der Waals surface area contributed by atoms with Gasteiger partial charge in [0, 0.05) is 78.6 Å². The average molecular weight is 549 g/mol. The van der Waals surface area contributed by atoms with Gasteiger partial charge in [-0.3, -0.25) is 9.48 Å². The number of likely N-dealkylation sites (tertiary alicyclic amines) is 1. The van der Waals surface area contributed by atoms with Gasteiger partial charge in [-0.05, 0) is 56.0 Å². The van der Waals surface area contributed by atoms with Crippen LogP contribution in [0.5, 0.6) is 0 Å². The van der Waals surface area contributed by atoms with Gasteiger partial charge < -0.3 is 15.1 Å². The zero-order valence-electron chi connectivity index (χ0n) is 20.8. The number of halogens is 1. The van der Waals surface area contributed by atoms with Crippen LogP contribution in [0.15, 0.2) is 53.0 Å². The van der Waals surface area contributed by atoms with Crippen molar-refractivity contribution in [1.82, 2.24) is 20.0 Å². The summed E-state index contributed by atoms with van der Waals surface area (Å²) >= 11 is 3.54. The standard InChI is InChI=1S/C29H34BrN5O/c30-23-9-6-22(7-10-23)29-25-20-31-15-12-27(25)34(32-29)17-3-16-33-18-13-24(14-19-33)35-26-5-2-1-4-21(26)8-11-28(35)36/h1-2,4-7,9-10,24,31H,3,8,11-20H2. The molecule has 0 spiro atoms. The minimum atomic E-state index is 0.298. The first-order chi connectivity index (χ1) is 17.7. The molecular weight excluding hydrogens is 514 g/mol. The van der Waals surface area contributed by atoms with E-state index in [0.29, 0.717) is 18.4 Å². The van der Waals surface area contributed by atoms with Crippen LogP contribution >= 0.6 is 15.9 Å². The van der Waals surface area contributed by atoms with Crippen LogP contribution in [-0.2, 0) is 30.7 Å². The molecule has 36 heavy (non-hydrogen) atoms. The SMILES string of the molecule is O=C1CCc2ccccc2N1C1CCN(CCCn2nc(-c3ccc(Br)cc3)c3c2CCNC3)CC1. The second-order valence-electron chi connectivity index (χ2n) is 10.2. The van der Waals surface area contributed by atoms with E-state index in [4.69, 9.17) is 5.10 Å². The average Bonchev–Trinajstić information content (AvgIpc) is 3.28. The van der Waals surface area contributed by atoms with Gasteiger partial charge in [-0.25, -0.2) is 0 Å². The molecule has 1 saturated heterocycles. The van der Waals surface area contributed by atoms with Gasteiger partial charge in [0.05, 0.1) is 5.69 Å². The van der Waals surface area contributed by atoms with Crippen molar-refractivity contribution in [1.29, 1.82) is 0 Å². The first kappa shape index (κ1) is 23.9. The molecule has 0 atom stereocenters. The summed E-state index contributed by atoms with van der Waals surface area (Å²) in [4.78, 5) is 17.5. The van der Waals surface area contributed by atoms with E-state index in [0.717, 1.165) is 87.2 Å². The van der Waals surface area contributed by atoms with Gasteiger partial charge in [-0.15, -0.1) is 0 Å². The van der Waals surface area contributed by atoms with E-state index in [1.54, 1.807) is 0 Å². The Bertz CT molecular complexity index is 1230. The van der Waals surface area contributed by atoms with Gasteiger partial charge in [0.25, 0.3) is 0 Å². The predicted molar refractivity (Wildman–Crippen MR) is 147 cm³/mol. The van der Waals surface area contributed by atoms with E-state index in [9.17, 15) is 4.79 Å². The molecule has 0 aliphatic carbocycles. The van der Waals surface area contributed by atoms with Crippen LogP contribution in [0.4, 0.5) is 5.69 Å². The molecule has 1 N–H and O–H groups in total. The lowest BCUT2D eigenvalue weighted by Gasteiger charge is -2.41. The summed E-state index contributed by atoms with van der Waals surface area (Å²) in [5.74, 6) is 0.298. The minimum Gasteiger partial charge on any atom is -0.312 e. The van der Waals surface area contributed by atoms with Crippen molar-refractivity contribution in [3.63, 3.8) is 0 Å². The Kier molecular flexibility index (Phi) is 6.96. The summed E-state index contributed by atoms with van der Waals surface area (Å²) < 4.78 is 3.36. The molecule has 2 aromatic carbocycles. The molecule has 3 aliphatic rings. The molecule has 3 aliphatic heterocycles. The molecule has 0 radical (unpaired) electrons. The van der Waals surface area contributed by atoms with E-state index < -0.39 is 0 Å². The van der Waals surface area contributed by atoms with Crippen molar-refractivity contribution >= 4 is 27.5 Å². The van der Waals surface area contributed by atoms with Gasteiger partial charge in [0.2, 0.25) is 5.91 Å². The molecule has 3 aromatic rings. The second kappa shape index (κ2) is 10.5. The maximum atomic E-state index is 12.8. The predicted octanol–water partition coefficient (Wildman–Crippen LogP) is 4.79. The van der Waals surface area contributed by atoms with Crippen LogP contribution in [0, 0.1) is 0 Å². The fourth-order valence-corrected chi connectivity index (χ4v) is 6.41. The number of benzene rings is 2. The molecule has 0 saturated carbocycles. The Hall–Kier alpha value is -2.48. The molecule has 1 amide bonds. The van der Waals surface area contributed by atoms with Crippen molar-refractivity contribution in [2.45, 2.75) is 57.7 Å². The zero-order valence-corrected chi connectivity index (χ0v) is 22.3. The molecule has 0 bridgehead atoms. The third-order valence-corrected chi connectivity index (χ3v) is 8.55. The maximum Gasteiger partial charge on any atom is 0.227 e. The summed E-state index contributed by atoms with van der Waals surface area (Å²) in [6, 6.07) is 17.3. The number of aryl methyl sites for hydroxylation is 2. The molecule has 1 fully saturated rings. The third kappa shape index (κ3) is 4.76. The highest BCUT2D eigenvalue weighted by Gasteiger charge is 2.32. The summed E-state index contributed by atoms with van der Waals surface area (Å²) in [5.41, 5.74) is 7.53. The lowest BCUT2D eigenvalue weighted by Crippen LogP contribution is -2.49. The number of hydrogen-bond acceptors (Lipinski definition) is 4. The molecular formula is C29H34BrN5O. The zero-order chi connectivity index (χ0) is 24.5. The Morgan fingerprint density at radius 1 is 0.972 bits per heavy atom. The van der Waals surface area contributed by atoms with Crippen molar-refractivity contribution < 1.29 is 4.79 Å². The smallest absolute Gasteiger partial charge is 0.227 e. The van der Waals surface area contributed by atoms with Gasteiger partial charge in [-0.2, -0.15) is 5.10 Å². The number of amides is 1. The number of carbonyl (C=O) groups is 1. The molecule has 6 rings (SSSR count). The van der Waals surface area contributed by atoms with Crippen molar-refractivity contribution in [2.24, 2.45) is 0 Å². The van der Waals surface area contributed by atoms with Gasteiger partial charge in [0.15, 0.2) is 0 Å². The van der Waals surface area contributed by atoms with Crippen LogP contribution < -0.4 is 10.2 Å². The molecule has 6 nitrogen and oxygen atoms in total. The van der Waals surface area contributed by atoms with Crippen molar-refractivity contribution in [3.05, 3.63) is 69.8 Å². The van der Waals surface area contributed by atoms with Crippen LogP contribution in [0.1, 0.15) is 42.5 Å². The number of hydrogen-bond donors (Lipinski definition) is 1. The van der Waals surface area contributed by atoms with Gasteiger partial charge in [0.1, 0.15) is 0 Å². The first-order valence-electron chi connectivity index (χ1n) is 13.3. The third-order valence-electron chi connectivity index (χ3n) is 8.02. The first-order valence-corrected chi connectivity index (χ1v) is 14.1. The molecule has 7 heteroatoms. The number of carbonyl (C=O) groups excluding carboxylic acids is 1. The van der Waals surface area contributed by atoms with Crippen LogP contribution in [0.25, 0.3) is 11.3 Å². The van der Waals surface area contributed by atoms with Crippen molar-refractivity contribution in [3.8, 4) is 11.3 Å². The monoisotopic (exact) mass is 547 g/mol. The van der Waals surface area contributed by atoms with Gasteiger partial charge in [-0.1, -0.05) is 46.3 Å². The normalized spacial score (nSPS) is 18.8. The fraction of sp³-hybridized carbons (Fsp3) is 0.448. The quantitative estimate of drug-likeness (QED) is 0.482. The van der Waals surface area contributed by atoms with E-state index in [2.05, 4.69) is 84.3 Å². The lowest BCUT2D eigenvalue weighted by molar-refractivity contribution is -0.119. The maximum absolute atomic E-state index is 12.8. The number of aromatic nitrogens is 2. The molecule has 4 heterocycles. The van der Waals surface area contributed by atoms with E-state index in [-0.39, 0.29) is 0 Å². The number of piperidine rings is 1. The lowest BCUT2D eigenvalue weighted by atomic mass is 9.95. The van der Waals surface area contributed by atoms with E-state index >= 15 is 0 Å². The summed E-state index contributed by atoms with van der Waals surface area (Å²) in [5, 5.41) is 8.60. The number of fused-ring (bicyclic) bond motifs is 2. The highest BCUT2D eigenvalue weighted by Crippen LogP contribution is 2.33. The number of nitrogens with one attached hydrogen (secondary N) is 1. The van der Waals surface area contributed by atoms with Gasteiger partial charge >= 0.3 is 0 Å². The number of rotatable bonds is 6. The molecule has 188 valence electrons. The number of para-hydroxylation sites is 1. The summed E-state index contributed by atoms with van der Waals surface area (Å²) in [6.45, 7) is 6.06. The number of nitrogens with zero attached hydrogens (tertiary/aromatic N) is 4.